The number of amides is 2. The van der Waals surface area contributed by atoms with Gasteiger partial charge in [-0.25, -0.2) is 18.6 Å². The first kappa shape index (κ1) is 25.3. The number of halogens is 1. The largest absolute Gasteiger partial charge is 0.459 e. The number of nitrogens with zero attached hydrogens (tertiary/aromatic N) is 1. The molecule has 0 fully saturated rings. The zero-order chi connectivity index (χ0) is 24.7. The Balaban J connectivity index is 1.49. The minimum absolute atomic E-state index is 0.0728. The Bertz CT molecular complexity index is 1280. The number of hydrazone groups is 1. The highest BCUT2D eigenvalue weighted by Gasteiger charge is 2.15. The van der Waals surface area contributed by atoms with Gasteiger partial charge in [-0.2, -0.15) is 5.10 Å². The van der Waals surface area contributed by atoms with E-state index in [1.165, 1.54) is 18.3 Å². The number of nitrogens with one attached hydrogen (secondary N) is 3. The molecule has 0 bridgehead atoms. The molecule has 0 radical (unpaired) electrons. The number of hydrogen-bond acceptors (Lipinski definition) is 6. The van der Waals surface area contributed by atoms with E-state index in [4.69, 9.17) is 4.42 Å². The maximum Gasteiger partial charge on any atom is 0.329 e. The van der Waals surface area contributed by atoms with Crippen LogP contribution in [0.25, 0.3) is 0 Å². The highest BCUT2D eigenvalue weighted by Crippen LogP contribution is 2.17. The van der Waals surface area contributed by atoms with E-state index in [2.05, 4.69) is 50.3 Å². The second-order valence-corrected chi connectivity index (χ2v) is 10.2. The van der Waals surface area contributed by atoms with E-state index in [9.17, 15) is 18.0 Å². The summed E-state index contributed by atoms with van der Waals surface area (Å²) in [5.41, 5.74) is 3.73. The molecular weight excluding hydrogens is 524 g/mol. The summed E-state index contributed by atoms with van der Waals surface area (Å²) in [7, 11) is -3.70. The van der Waals surface area contributed by atoms with Crippen molar-refractivity contribution in [3.8, 4) is 0 Å². The van der Waals surface area contributed by atoms with Crippen molar-refractivity contribution in [3.05, 3.63) is 82.2 Å². The van der Waals surface area contributed by atoms with Gasteiger partial charge < -0.3 is 9.73 Å². The average Bonchev–Trinajstić information content (AvgIpc) is 3.26. The summed E-state index contributed by atoms with van der Waals surface area (Å²) < 4.78 is 33.3. The summed E-state index contributed by atoms with van der Waals surface area (Å²) in [6.45, 7) is 4.05. The number of carbonyl (C=O) groups excluding carboxylic acids is 2. The summed E-state index contributed by atoms with van der Waals surface area (Å²) >= 11 is 3.26. The normalized spacial score (nSPS) is 11.6. The molecule has 0 aliphatic carbocycles. The molecule has 11 heteroatoms. The molecule has 34 heavy (non-hydrogen) atoms. The van der Waals surface area contributed by atoms with Crippen LogP contribution in [0.2, 0.25) is 0 Å². The van der Waals surface area contributed by atoms with Crippen LogP contribution in [0.4, 0.5) is 5.69 Å². The van der Waals surface area contributed by atoms with Crippen LogP contribution >= 0.6 is 15.9 Å². The predicted octanol–water partition coefficient (Wildman–Crippen LogP) is 3.73. The lowest BCUT2D eigenvalue weighted by Gasteiger charge is -2.07. The molecule has 0 saturated heterocycles. The number of furan rings is 1. The number of carbonyl (C=O) groups is 2. The molecule has 3 rings (SSSR count). The van der Waals surface area contributed by atoms with Crippen molar-refractivity contribution in [2.24, 2.45) is 5.10 Å². The van der Waals surface area contributed by atoms with Gasteiger partial charge in [0.2, 0.25) is 10.0 Å². The average molecular weight is 547 g/mol. The maximum absolute atomic E-state index is 12.3. The number of hydrogen-bond donors (Lipinski definition) is 3. The summed E-state index contributed by atoms with van der Waals surface area (Å²) in [6.07, 6.45) is 1.20. The van der Waals surface area contributed by atoms with Gasteiger partial charge in [0.15, 0.2) is 0 Å². The molecule has 0 aliphatic heterocycles. The first-order chi connectivity index (χ1) is 16.1. The van der Waals surface area contributed by atoms with Gasteiger partial charge in [-0.1, -0.05) is 41.9 Å². The number of benzene rings is 2. The van der Waals surface area contributed by atoms with E-state index in [0.717, 1.165) is 10.0 Å². The lowest BCUT2D eigenvalue weighted by Crippen LogP contribution is -2.32. The Morgan fingerprint density at radius 2 is 1.68 bits per heavy atom. The van der Waals surface area contributed by atoms with E-state index in [-0.39, 0.29) is 17.2 Å². The van der Waals surface area contributed by atoms with Gasteiger partial charge in [0, 0.05) is 10.2 Å². The fourth-order valence-electron chi connectivity index (χ4n) is 2.77. The van der Waals surface area contributed by atoms with Crippen LogP contribution in [-0.2, 0) is 26.2 Å². The second-order valence-electron chi connectivity index (χ2n) is 7.51. The van der Waals surface area contributed by atoms with Gasteiger partial charge in [0.1, 0.15) is 11.5 Å². The molecule has 1 heterocycles. The van der Waals surface area contributed by atoms with Gasteiger partial charge in [-0.3, -0.25) is 9.59 Å². The third-order valence-electron chi connectivity index (χ3n) is 4.64. The van der Waals surface area contributed by atoms with Gasteiger partial charge in [-0.05, 0) is 60.0 Å². The van der Waals surface area contributed by atoms with Crippen LogP contribution in [0.3, 0.4) is 0 Å². The molecule has 178 valence electrons. The quantitative estimate of drug-likeness (QED) is 0.225. The summed E-state index contributed by atoms with van der Waals surface area (Å²) in [5.74, 6) is -0.842. The van der Waals surface area contributed by atoms with Gasteiger partial charge >= 0.3 is 11.8 Å². The Morgan fingerprint density at radius 1 is 1.00 bits per heavy atom. The third-order valence-corrected chi connectivity index (χ3v) is 6.59. The number of sulfonamides is 1. The summed E-state index contributed by atoms with van der Waals surface area (Å²) in [5, 5.41) is 6.19. The predicted molar refractivity (Wildman–Crippen MR) is 132 cm³/mol. The van der Waals surface area contributed by atoms with Crippen molar-refractivity contribution in [2.45, 2.75) is 31.2 Å². The molecule has 0 spiro atoms. The van der Waals surface area contributed by atoms with E-state index in [0.29, 0.717) is 17.4 Å². The monoisotopic (exact) mass is 546 g/mol. The fourth-order valence-corrected chi connectivity index (χ4v) is 4.02. The summed E-state index contributed by atoms with van der Waals surface area (Å²) in [6, 6.07) is 16.5. The Kier molecular flexibility index (Phi) is 8.37. The molecule has 2 amide bonds. The summed E-state index contributed by atoms with van der Waals surface area (Å²) in [4.78, 5) is 24.1. The third kappa shape index (κ3) is 7.11. The molecule has 9 nitrogen and oxygen atoms in total. The Morgan fingerprint density at radius 3 is 2.32 bits per heavy atom. The van der Waals surface area contributed by atoms with Crippen LogP contribution in [0, 0.1) is 0 Å². The van der Waals surface area contributed by atoms with Crippen LogP contribution in [-0.4, -0.2) is 26.4 Å². The topological polar surface area (TPSA) is 130 Å². The molecule has 2 aromatic carbocycles. The molecule has 0 aliphatic rings. The van der Waals surface area contributed by atoms with Crippen LogP contribution in [0.15, 0.2) is 79.6 Å². The molecule has 1 aromatic heterocycles. The molecule has 3 N–H and O–H groups in total. The van der Waals surface area contributed by atoms with Crippen molar-refractivity contribution in [1.82, 2.24) is 10.1 Å². The highest BCUT2D eigenvalue weighted by atomic mass is 79.9. The zero-order valence-electron chi connectivity index (χ0n) is 18.4. The molecule has 0 unspecified atom stereocenters. The van der Waals surface area contributed by atoms with Gasteiger partial charge in [0.05, 0.1) is 17.7 Å². The van der Waals surface area contributed by atoms with E-state index in [1.54, 1.807) is 36.4 Å². The lowest BCUT2D eigenvalue weighted by molar-refractivity contribution is -0.136. The van der Waals surface area contributed by atoms with Crippen molar-refractivity contribution < 1.29 is 22.4 Å². The minimum atomic E-state index is -3.70. The first-order valence-corrected chi connectivity index (χ1v) is 12.5. The lowest BCUT2D eigenvalue weighted by atomic mass is 10.0. The van der Waals surface area contributed by atoms with Gasteiger partial charge in [-0.15, -0.1) is 0 Å². The molecule has 0 saturated carbocycles. The van der Waals surface area contributed by atoms with E-state index in [1.807, 2.05) is 12.1 Å². The molecule has 3 aromatic rings. The Hall–Kier alpha value is -3.28. The van der Waals surface area contributed by atoms with Crippen molar-refractivity contribution >= 4 is 49.7 Å². The number of rotatable bonds is 8. The standard InChI is InChI=1S/C23H23BrN4O5S/c1-15(2)16-3-7-18(8-4-16)27-22(29)23(30)28-25-13-19-9-10-20(33-19)14-26-34(31,32)21-11-5-17(24)6-12-21/h3-13,15,26H,14H2,1-2H3,(H,27,29)(H,28,30)/b25-13+. The van der Waals surface area contributed by atoms with E-state index >= 15 is 0 Å². The SMILES string of the molecule is CC(C)c1ccc(NC(=O)C(=O)N/N=C/c2ccc(CNS(=O)(=O)c3ccc(Br)cc3)o2)cc1. The van der Waals surface area contributed by atoms with E-state index < -0.39 is 21.8 Å². The smallest absolute Gasteiger partial charge is 0.329 e. The first-order valence-electron chi connectivity index (χ1n) is 10.2. The van der Waals surface area contributed by atoms with Crippen molar-refractivity contribution in [1.29, 1.82) is 0 Å². The Labute approximate surface area is 205 Å². The zero-order valence-corrected chi connectivity index (χ0v) is 20.8. The van der Waals surface area contributed by atoms with Crippen molar-refractivity contribution in [2.75, 3.05) is 5.32 Å². The minimum Gasteiger partial charge on any atom is -0.459 e. The number of anilines is 1. The highest BCUT2D eigenvalue weighted by molar-refractivity contribution is 9.10. The van der Waals surface area contributed by atoms with Crippen molar-refractivity contribution in [3.63, 3.8) is 0 Å². The second kappa shape index (κ2) is 11.2. The molecule has 0 atom stereocenters. The molecular formula is C23H23BrN4O5S. The fraction of sp³-hybridized carbons (Fsp3) is 0.174. The maximum atomic E-state index is 12.3. The van der Waals surface area contributed by atoms with Crippen LogP contribution in [0.5, 0.6) is 0 Å². The van der Waals surface area contributed by atoms with Crippen LogP contribution in [0.1, 0.15) is 36.8 Å². The van der Waals surface area contributed by atoms with Crippen LogP contribution < -0.4 is 15.5 Å². The van der Waals surface area contributed by atoms with Gasteiger partial charge in [0.25, 0.3) is 0 Å².